The van der Waals surface area contributed by atoms with E-state index in [-0.39, 0.29) is 5.91 Å². The number of hydrogen-bond acceptors (Lipinski definition) is 5. The summed E-state index contributed by atoms with van der Waals surface area (Å²) in [6.45, 7) is 0.354. The first-order chi connectivity index (χ1) is 11.5. The van der Waals surface area contributed by atoms with Crippen LogP contribution in [0.3, 0.4) is 0 Å². The van der Waals surface area contributed by atoms with Gasteiger partial charge in [-0.3, -0.25) is 19.1 Å². The molecule has 0 spiro atoms. The van der Waals surface area contributed by atoms with Crippen LogP contribution in [0.5, 0.6) is 5.75 Å². The first kappa shape index (κ1) is 16.0. The van der Waals surface area contributed by atoms with Crippen molar-refractivity contribution in [1.82, 2.24) is 14.9 Å². The lowest BCUT2D eigenvalue weighted by Gasteiger charge is -2.05. The zero-order valence-electron chi connectivity index (χ0n) is 13.1. The van der Waals surface area contributed by atoms with E-state index in [0.29, 0.717) is 21.6 Å². The molecule has 2 aromatic heterocycles. The summed E-state index contributed by atoms with van der Waals surface area (Å²) >= 11 is 1.11. The van der Waals surface area contributed by atoms with E-state index in [1.165, 1.54) is 10.6 Å². The first-order valence-electron chi connectivity index (χ1n) is 7.13. The van der Waals surface area contributed by atoms with Crippen molar-refractivity contribution >= 4 is 27.5 Å². The molecule has 0 unspecified atom stereocenters. The number of aromatic amines is 1. The predicted octanol–water partition coefficient (Wildman–Crippen LogP) is 1.23. The van der Waals surface area contributed by atoms with E-state index < -0.39 is 11.2 Å². The second-order valence-electron chi connectivity index (χ2n) is 5.18. The molecular formula is C16H15N3O4S. The Kier molecular flexibility index (Phi) is 4.22. The lowest BCUT2D eigenvalue weighted by molar-refractivity contribution is 0.0955. The topological polar surface area (TPSA) is 93.2 Å². The summed E-state index contributed by atoms with van der Waals surface area (Å²) in [7, 11) is 3.14. The van der Waals surface area contributed by atoms with Crippen molar-refractivity contribution in [2.24, 2.45) is 7.05 Å². The summed E-state index contributed by atoms with van der Waals surface area (Å²) in [5.41, 5.74) is -0.0615. The number of nitrogens with one attached hydrogen (secondary N) is 2. The van der Waals surface area contributed by atoms with Crippen molar-refractivity contribution < 1.29 is 9.53 Å². The van der Waals surface area contributed by atoms with Gasteiger partial charge in [0.15, 0.2) is 0 Å². The molecule has 1 aromatic carbocycles. The Labute approximate surface area is 140 Å². The Morgan fingerprint density at radius 2 is 2.00 bits per heavy atom. The van der Waals surface area contributed by atoms with Crippen LogP contribution in [0.25, 0.3) is 10.2 Å². The Morgan fingerprint density at radius 3 is 2.67 bits per heavy atom. The second kappa shape index (κ2) is 6.32. The number of aromatic nitrogens is 2. The minimum Gasteiger partial charge on any atom is -0.497 e. The molecular weight excluding hydrogens is 330 g/mol. The average molecular weight is 345 g/mol. The van der Waals surface area contributed by atoms with Crippen LogP contribution in [0.15, 0.2) is 39.9 Å². The molecule has 0 atom stereocenters. The lowest BCUT2D eigenvalue weighted by atomic mass is 10.2. The molecule has 24 heavy (non-hydrogen) atoms. The number of carbonyl (C=O) groups is 1. The quantitative estimate of drug-likeness (QED) is 0.744. The number of methoxy groups -OCH3 is 1. The summed E-state index contributed by atoms with van der Waals surface area (Å²) < 4.78 is 6.40. The predicted molar refractivity (Wildman–Crippen MR) is 91.9 cm³/mol. The van der Waals surface area contributed by atoms with E-state index in [2.05, 4.69) is 10.3 Å². The number of H-pyrrole nitrogens is 1. The maximum atomic E-state index is 12.3. The third-order valence-electron chi connectivity index (χ3n) is 3.62. The van der Waals surface area contributed by atoms with Crippen LogP contribution >= 0.6 is 11.3 Å². The molecule has 0 radical (unpaired) electrons. The van der Waals surface area contributed by atoms with Gasteiger partial charge in [-0.1, -0.05) is 12.1 Å². The Bertz CT molecular complexity index is 1010. The van der Waals surface area contributed by atoms with Gasteiger partial charge in [0.05, 0.1) is 17.4 Å². The standard InChI is InChI=1S/C16H15N3O4S/c1-19-15-11(13(20)18-16(19)22)7-12(24-15)14(21)17-8-9-3-5-10(23-2)6-4-9/h3-7H,8H2,1-2H3,(H,17,21)(H,18,20,22). The van der Waals surface area contributed by atoms with Gasteiger partial charge in [0.1, 0.15) is 10.6 Å². The maximum Gasteiger partial charge on any atom is 0.329 e. The van der Waals surface area contributed by atoms with Crippen LogP contribution in [-0.4, -0.2) is 22.6 Å². The Balaban J connectivity index is 1.81. The number of ether oxygens (including phenoxy) is 1. The lowest BCUT2D eigenvalue weighted by Crippen LogP contribution is -2.27. The smallest absolute Gasteiger partial charge is 0.329 e. The molecule has 0 saturated heterocycles. The fourth-order valence-electron chi connectivity index (χ4n) is 2.26. The molecule has 0 aliphatic carbocycles. The van der Waals surface area contributed by atoms with Gasteiger partial charge < -0.3 is 10.1 Å². The van der Waals surface area contributed by atoms with E-state index in [4.69, 9.17) is 4.74 Å². The van der Waals surface area contributed by atoms with Crippen LogP contribution in [0.4, 0.5) is 0 Å². The van der Waals surface area contributed by atoms with Crippen molar-refractivity contribution in [1.29, 1.82) is 0 Å². The molecule has 1 amide bonds. The van der Waals surface area contributed by atoms with Crippen LogP contribution < -0.4 is 21.3 Å². The second-order valence-corrected chi connectivity index (χ2v) is 6.21. The van der Waals surface area contributed by atoms with E-state index in [1.54, 1.807) is 14.2 Å². The Morgan fingerprint density at radius 1 is 1.29 bits per heavy atom. The molecule has 0 fully saturated rings. The van der Waals surface area contributed by atoms with Gasteiger partial charge >= 0.3 is 5.69 Å². The number of benzene rings is 1. The fraction of sp³-hybridized carbons (Fsp3) is 0.188. The van der Waals surface area contributed by atoms with E-state index >= 15 is 0 Å². The fourth-order valence-corrected chi connectivity index (χ4v) is 3.29. The largest absolute Gasteiger partial charge is 0.497 e. The van der Waals surface area contributed by atoms with E-state index in [1.807, 2.05) is 24.3 Å². The summed E-state index contributed by atoms with van der Waals surface area (Å²) in [6.07, 6.45) is 0. The zero-order valence-corrected chi connectivity index (χ0v) is 13.9. The van der Waals surface area contributed by atoms with Crippen molar-refractivity contribution in [2.75, 3.05) is 7.11 Å². The van der Waals surface area contributed by atoms with Crippen molar-refractivity contribution in [3.63, 3.8) is 0 Å². The van der Waals surface area contributed by atoms with Crippen LogP contribution in [0.2, 0.25) is 0 Å². The molecule has 2 heterocycles. The third kappa shape index (κ3) is 2.95. The SMILES string of the molecule is COc1ccc(CNC(=O)c2cc3c(=O)[nH]c(=O)n(C)c3s2)cc1. The van der Waals surface area contributed by atoms with Gasteiger partial charge in [0.25, 0.3) is 11.5 Å². The van der Waals surface area contributed by atoms with Gasteiger partial charge in [-0.05, 0) is 23.8 Å². The number of hydrogen-bond donors (Lipinski definition) is 2. The molecule has 3 rings (SSSR count). The van der Waals surface area contributed by atoms with Gasteiger partial charge in [0, 0.05) is 13.6 Å². The molecule has 0 aliphatic heterocycles. The molecule has 0 bridgehead atoms. The number of carbonyl (C=O) groups excluding carboxylic acids is 1. The van der Waals surface area contributed by atoms with Gasteiger partial charge in [0.2, 0.25) is 0 Å². The minimum atomic E-state index is -0.500. The van der Waals surface area contributed by atoms with Gasteiger partial charge in [-0.15, -0.1) is 11.3 Å². The highest BCUT2D eigenvalue weighted by molar-refractivity contribution is 7.20. The number of fused-ring (bicyclic) bond motifs is 1. The number of amides is 1. The van der Waals surface area contributed by atoms with Crippen LogP contribution in [0, 0.1) is 0 Å². The molecule has 124 valence electrons. The normalized spacial score (nSPS) is 10.8. The van der Waals surface area contributed by atoms with E-state index in [0.717, 1.165) is 22.6 Å². The molecule has 7 nitrogen and oxygen atoms in total. The average Bonchev–Trinajstić information content (AvgIpc) is 3.04. The molecule has 2 N–H and O–H groups in total. The Hall–Kier alpha value is -2.87. The zero-order chi connectivity index (χ0) is 17.3. The van der Waals surface area contributed by atoms with Gasteiger partial charge in [-0.25, -0.2) is 4.79 Å². The maximum absolute atomic E-state index is 12.3. The van der Waals surface area contributed by atoms with Crippen molar-refractivity contribution in [2.45, 2.75) is 6.54 Å². The summed E-state index contributed by atoms with van der Waals surface area (Å²) in [4.78, 5) is 38.8. The summed E-state index contributed by atoms with van der Waals surface area (Å²) in [5.74, 6) is 0.452. The molecule has 0 aliphatic rings. The van der Waals surface area contributed by atoms with Gasteiger partial charge in [-0.2, -0.15) is 0 Å². The molecule has 0 saturated carbocycles. The molecule has 8 heteroatoms. The molecule has 3 aromatic rings. The number of thiophene rings is 1. The summed E-state index contributed by atoms with van der Waals surface area (Å²) in [6, 6.07) is 8.85. The third-order valence-corrected chi connectivity index (χ3v) is 4.83. The number of rotatable bonds is 4. The first-order valence-corrected chi connectivity index (χ1v) is 7.95. The number of aryl methyl sites for hydroxylation is 1. The monoisotopic (exact) mass is 345 g/mol. The number of nitrogens with zero attached hydrogens (tertiary/aromatic N) is 1. The highest BCUT2D eigenvalue weighted by atomic mass is 32.1. The van der Waals surface area contributed by atoms with Crippen LogP contribution in [-0.2, 0) is 13.6 Å². The van der Waals surface area contributed by atoms with Crippen molar-refractivity contribution in [3.8, 4) is 5.75 Å². The highest BCUT2D eigenvalue weighted by Crippen LogP contribution is 2.21. The van der Waals surface area contributed by atoms with E-state index in [9.17, 15) is 14.4 Å². The minimum absolute atomic E-state index is 0.293. The summed E-state index contributed by atoms with van der Waals surface area (Å²) in [5, 5.41) is 3.13. The van der Waals surface area contributed by atoms with Crippen LogP contribution in [0.1, 0.15) is 15.2 Å². The highest BCUT2D eigenvalue weighted by Gasteiger charge is 2.14. The van der Waals surface area contributed by atoms with Crippen molar-refractivity contribution in [3.05, 3.63) is 61.6 Å².